The average molecular weight is 336 g/mol. The summed E-state index contributed by atoms with van der Waals surface area (Å²) in [5, 5.41) is 24.6. The van der Waals surface area contributed by atoms with Gasteiger partial charge in [-0.3, -0.25) is 10.1 Å². The summed E-state index contributed by atoms with van der Waals surface area (Å²) in [6.45, 7) is 2.50. The van der Waals surface area contributed by atoms with E-state index in [0.717, 1.165) is 11.4 Å². The number of hydrogen-bond acceptors (Lipinski definition) is 5. The highest BCUT2D eigenvalue weighted by Gasteiger charge is 2.19. The first-order chi connectivity index (χ1) is 12.1. The number of nitrogens with one attached hydrogen (secondary N) is 1. The maximum absolute atomic E-state index is 11.1. The number of nitro benzene ring substituents is 1. The third-order valence-electron chi connectivity index (χ3n) is 4.04. The number of nitro groups is 1. The summed E-state index contributed by atoms with van der Waals surface area (Å²) < 4.78 is 7.01. The summed E-state index contributed by atoms with van der Waals surface area (Å²) in [4.78, 5) is 10.6. The highest BCUT2D eigenvalue weighted by molar-refractivity contribution is 5.94. The molecule has 0 aliphatic heterocycles. The van der Waals surface area contributed by atoms with Crippen molar-refractivity contribution in [2.24, 2.45) is 0 Å². The lowest BCUT2D eigenvalue weighted by Crippen LogP contribution is -2.02. The van der Waals surface area contributed by atoms with Crippen LogP contribution in [0.3, 0.4) is 0 Å². The zero-order valence-corrected chi connectivity index (χ0v) is 13.8. The second-order valence-corrected chi connectivity index (χ2v) is 5.39. The summed E-state index contributed by atoms with van der Waals surface area (Å²) in [6, 6.07) is 14.1. The number of fused-ring (bicyclic) bond motifs is 1. The largest absolute Gasteiger partial charge is 0.497 e. The van der Waals surface area contributed by atoms with Crippen molar-refractivity contribution in [3.63, 3.8) is 0 Å². The zero-order chi connectivity index (χ0) is 18.0. The monoisotopic (exact) mass is 336 g/mol. The molecule has 0 amide bonds. The first-order valence-corrected chi connectivity index (χ1v) is 7.70. The minimum absolute atomic E-state index is 0.000173. The molecule has 2 aromatic carbocycles. The fraction of sp³-hybridized carbons (Fsp3) is 0.167. The predicted molar refractivity (Wildman–Crippen MR) is 95.3 cm³/mol. The van der Waals surface area contributed by atoms with Gasteiger partial charge in [0, 0.05) is 29.8 Å². The number of anilines is 2. The van der Waals surface area contributed by atoms with Gasteiger partial charge in [-0.05, 0) is 37.3 Å². The SMILES string of the molecule is CCn1c(Nc2ccc(OC)cc2)c(C#N)c2ccc([N+](=O)[O-])cc21. The van der Waals surface area contributed by atoms with Gasteiger partial charge in [-0.15, -0.1) is 0 Å². The lowest BCUT2D eigenvalue weighted by atomic mass is 10.1. The van der Waals surface area contributed by atoms with E-state index in [2.05, 4.69) is 11.4 Å². The van der Waals surface area contributed by atoms with Gasteiger partial charge in [0.2, 0.25) is 0 Å². The van der Waals surface area contributed by atoms with Crippen LogP contribution in [0, 0.1) is 21.4 Å². The van der Waals surface area contributed by atoms with E-state index >= 15 is 0 Å². The molecule has 0 atom stereocenters. The molecule has 1 aromatic heterocycles. The molecule has 0 unspecified atom stereocenters. The van der Waals surface area contributed by atoms with E-state index in [1.54, 1.807) is 13.2 Å². The van der Waals surface area contributed by atoms with Crippen molar-refractivity contribution >= 4 is 28.1 Å². The molecule has 126 valence electrons. The molecule has 25 heavy (non-hydrogen) atoms. The first kappa shape index (κ1) is 16.3. The first-order valence-electron chi connectivity index (χ1n) is 7.70. The quantitative estimate of drug-likeness (QED) is 0.557. The van der Waals surface area contributed by atoms with Gasteiger partial charge in [0.05, 0.1) is 17.5 Å². The molecule has 0 saturated heterocycles. The Balaban J connectivity index is 2.15. The van der Waals surface area contributed by atoms with Gasteiger partial charge in [0.15, 0.2) is 0 Å². The molecule has 0 spiro atoms. The fourth-order valence-electron chi connectivity index (χ4n) is 2.83. The summed E-state index contributed by atoms with van der Waals surface area (Å²) in [6.07, 6.45) is 0. The summed E-state index contributed by atoms with van der Waals surface area (Å²) >= 11 is 0. The van der Waals surface area contributed by atoms with E-state index in [1.165, 1.54) is 12.1 Å². The highest BCUT2D eigenvalue weighted by atomic mass is 16.6. The molecule has 0 radical (unpaired) electrons. The lowest BCUT2D eigenvalue weighted by Gasteiger charge is -2.11. The average Bonchev–Trinajstić information content (AvgIpc) is 2.93. The van der Waals surface area contributed by atoms with Crippen molar-refractivity contribution in [1.29, 1.82) is 5.26 Å². The van der Waals surface area contributed by atoms with Crippen molar-refractivity contribution in [2.45, 2.75) is 13.5 Å². The van der Waals surface area contributed by atoms with Crippen LogP contribution in [0.15, 0.2) is 42.5 Å². The summed E-state index contributed by atoms with van der Waals surface area (Å²) in [5.74, 6) is 1.35. The van der Waals surface area contributed by atoms with Gasteiger partial charge in [0.1, 0.15) is 23.2 Å². The number of rotatable bonds is 5. The molecule has 0 aliphatic carbocycles. The molecule has 3 aromatic rings. The third-order valence-corrected chi connectivity index (χ3v) is 4.04. The number of nitriles is 1. The number of methoxy groups -OCH3 is 1. The Morgan fingerprint density at radius 1 is 1.28 bits per heavy atom. The second kappa shape index (κ2) is 6.53. The fourth-order valence-corrected chi connectivity index (χ4v) is 2.83. The Morgan fingerprint density at radius 2 is 2.00 bits per heavy atom. The number of benzene rings is 2. The van der Waals surface area contributed by atoms with Gasteiger partial charge in [-0.2, -0.15) is 5.26 Å². The Labute approximate surface area is 144 Å². The number of aryl methyl sites for hydroxylation is 1. The highest BCUT2D eigenvalue weighted by Crippen LogP contribution is 2.34. The summed E-state index contributed by atoms with van der Waals surface area (Å²) in [5.41, 5.74) is 1.91. The van der Waals surface area contributed by atoms with Crippen LogP contribution < -0.4 is 10.1 Å². The third kappa shape index (κ3) is 2.85. The van der Waals surface area contributed by atoms with Crippen molar-refractivity contribution in [2.75, 3.05) is 12.4 Å². The van der Waals surface area contributed by atoms with Crippen LogP contribution in [0.4, 0.5) is 17.2 Å². The molecule has 7 nitrogen and oxygen atoms in total. The lowest BCUT2D eigenvalue weighted by molar-refractivity contribution is -0.384. The predicted octanol–water partition coefficient (Wildman–Crippen LogP) is 4.19. The van der Waals surface area contributed by atoms with E-state index in [1.807, 2.05) is 35.8 Å². The normalized spacial score (nSPS) is 10.4. The Hall–Kier alpha value is -3.53. The van der Waals surface area contributed by atoms with Gasteiger partial charge < -0.3 is 14.6 Å². The molecule has 0 saturated carbocycles. The Kier molecular flexibility index (Phi) is 4.27. The maximum atomic E-state index is 11.1. The minimum Gasteiger partial charge on any atom is -0.497 e. The van der Waals surface area contributed by atoms with Gasteiger partial charge in [-0.1, -0.05) is 0 Å². The van der Waals surface area contributed by atoms with Crippen molar-refractivity contribution in [1.82, 2.24) is 4.57 Å². The summed E-state index contributed by atoms with van der Waals surface area (Å²) in [7, 11) is 1.60. The molecule has 1 N–H and O–H groups in total. The molecule has 0 fully saturated rings. The zero-order valence-electron chi connectivity index (χ0n) is 13.8. The van der Waals surface area contributed by atoms with Crippen LogP contribution in [0.2, 0.25) is 0 Å². The van der Waals surface area contributed by atoms with Crippen molar-refractivity contribution < 1.29 is 9.66 Å². The van der Waals surface area contributed by atoms with E-state index in [4.69, 9.17) is 4.74 Å². The van der Waals surface area contributed by atoms with Crippen LogP contribution in [-0.2, 0) is 6.54 Å². The van der Waals surface area contributed by atoms with E-state index in [0.29, 0.717) is 28.8 Å². The second-order valence-electron chi connectivity index (χ2n) is 5.39. The molecular formula is C18H16N4O3. The van der Waals surface area contributed by atoms with Gasteiger partial charge in [0.25, 0.3) is 5.69 Å². The molecule has 1 heterocycles. The smallest absolute Gasteiger partial charge is 0.271 e. The van der Waals surface area contributed by atoms with Crippen LogP contribution in [-0.4, -0.2) is 16.6 Å². The van der Waals surface area contributed by atoms with E-state index < -0.39 is 4.92 Å². The molecule has 3 rings (SSSR count). The van der Waals surface area contributed by atoms with Gasteiger partial charge in [-0.25, -0.2) is 0 Å². The number of ether oxygens (including phenoxy) is 1. The molecule has 7 heteroatoms. The van der Waals surface area contributed by atoms with E-state index in [-0.39, 0.29) is 5.69 Å². The maximum Gasteiger partial charge on any atom is 0.271 e. The van der Waals surface area contributed by atoms with Crippen molar-refractivity contribution in [3.8, 4) is 11.8 Å². The standard InChI is InChI=1S/C18H16N4O3/c1-3-21-17-10-13(22(23)24)6-9-15(17)16(11-19)18(21)20-12-4-7-14(25-2)8-5-12/h4-10,20H,3H2,1-2H3. The Bertz CT molecular complexity index is 984. The van der Waals surface area contributed by atoms with Crippen LogP contribution >= 0.6 is 0 Å². The molecule has 0 bridgehead atoms. The topological polar surface area (TPSA) is 93.1 Å². The van der Waals surface area contributed by atoms with Crippen LogP contribution in [0.25, 0.3) is 10.9 Å². The van der Waals surface area contributed by atoms with Gasteiger partial charge >= 0.3 is 0 Å². The van der Waals surface area contributed by atoms with E-state index in [9.17, 15) is 15.4 Å². The molecular weight excluding hydrogens is 320 g/mol. The number of hydrogen-bond donors (Lipinski definition) is 1. The van der Waals surface area contributed by atoms with Crippen molar-refractivity contribution in [3.05, 3.63) is 58.1 Å². The number of nitrogens with zero attached hydrogens (tertiary/aromatic N) is 3. The van der Waals surface area contributed by atoms with Crippen LogP contribution in [0.1, 0.15) is 12.5 Å². The number of aromatic nitrogens is 1. The molecule has 0 aliphatic rings. The minimum atomic E-state index is -0.435. The van der Waals surface area contributed by atoms with Crippen LogP contribution in [0.5, 0.6) is 5.75 Å². The number of non-ortho nitro benzene ring substituents is 1. The Morgan fingerprint density at radius 3 is 2.56 bits per heavy atom.